The Balaban J connectivity index is 3.11. The molecule has 1 amide bonds. The molecule has 0 bridgehead atoms. The zero-order chi connectivity index (χ0) is 16.2. The Labute approximate surface area is 129 Å². The highest BCUT2D eigenvalue weighted by molar-refractivity contribution is 7.19. The smallest absolute Gasteiger partial charge is 0.256 e. The number of nitrogen functional groups attached to an aromatic ring is 1. The van der Waals surface area contributed by atoms with Crippen molar-refractivity contribution in [2.75, 3.05) is 38.7 Å². The summed E-state index contributed by atoms with van der Waals surface area (Å²) >= 11 is 1.25. The van der Waals surface area contributed by atoms with Gasteiger partial charge in [0.2, 0.25) is 0 Å². The number of Topliss-reactive ketones (excluding diaryl/α,β-unsaturated/α-hetero) is 1. The SMILES string of the molecule is CCC(=O)c1sc(NCC(C)N(C)C)c(C(=O)NC)c1N. The van der Waals surface area contributed by atoms with E-state index in [1.54, 1.807) is 14.0 Å². The van der Waals surface area contributed by atoms with Crippen LogP contribution in [-0.4, -0.2) is 50.3 Å². The molecule has 0 aliphatic carbocycles. The average Bonchev–Trinajstić information content (AvgIpc) is 2.79. The molecule has 118 valence electrons. The molecule has 0 fully saturated rings. The second-order valence-corrected chi connectivity index (χ2v) is 6.12. The zero-order valence-electron chi connectivity index (χ0n) is 13.2. The fraction of sp³-hybridized carbons (Fsp3) is 0.571. The Morgan fingerprint density at radius 1 is 1.38 bits per heavy atom. The maximum absolute atomic E-state index is 12.0. The molecule has 0 radical (unpaired) electrons. The number of amides is 1. The predicted octanol–water partition coefficient (Wildman–Crippen LogP) is 1.64. The van der Waals surface area contributed by atoms with E-state index in [2.05, 4.69) is 22.5 Å². The minimum atomic E-state index is -0.279. The predicted molar refractivity (Wildman–Crippen MR) is 88.4 cm³/mol. The van der Waals surface area contributed by atoms with Crippen molar-refractivity contribution >= 4 is 33.7 Å². The van der Waals surface area contributed by atoms with Gasteiger partial charge in [-0.1, -0.05) is 6.92 Å². The molecule has 0 saturated heterocycles. The van der Waals surface area contributed by atoms with Gasteiger partial charge in [-0.3, -0.25) is 9.59 Å². The number of hydrogen-bond donors (Lipinski definition) is 3. The molecular formula is C14H24N4O2S. The molecule has 7 heteroatoms. The van der Waals surface area contributed by atoms with Crippen LogP contribution in [0.25, 0.3) is 0 Å². The third-order valence-electron chi connectivity index (χ3n) is 3.41. The van der Waals surface area contributed by atoms with Gasteiger partial charge in [-0.25, -0.2) is 0 Å². The van der Waals surface area contributed by atoms with E-state index < -0.39 is 0 Å². The van der Waals surface area contributed by atoms with Gasteiger partial charge < -0.3 is 21.3 Å². The first-order chi connectivity index (χ1) is 9.83. The Hall–Kier alpha value is -1.60. The molecule has 1 rings (SSSR count). The Morgan fingerprint density at radius 3 is 2.48 bits per heavy atom. The summed E-state index contributed by atoms with van der Waals surface area (Å²) in [6, 6.07) is 0.288. The Kier molecular flexibility index (Phi) is 6.17. The van der Waals surface area contributed by atoms with Crippen LogP contribution in [0.1, 0.15) is 40.3 Å². The number of nitrogens with one attached hydrogen (secondary N) is 2. The standard InChI is InChI=1S/C14H24N4O2S/c1-6-9(19)12-11(15)10(13(20)16-3)14(21-12)17-7-8(2)18(4)5/h8,17H,6-7,15H2,1-5H3,(H,16,20). The number of rotatable bonds is 7. The molecule has 21 heavy (non-hydrogen) atoms. The first-order valence-corrected chi connectivity index (χ1v) is 7.72. The molecule has 1 aromatic rings. The third-order valence-corrected chi connectivity index (χ3v) is 4.62. The fourth-order valence-corrected chi connectivity index (χ4v) is 2.84. The number of carbonyl (C=O) groups excluding carboxylic acids is 2. The van der Waals surface area contributed by atoms with Gasteiger partial charge in [-0.15, -0.1) is 11.3 Å². The Morgan fingerprint density at radius 2 is 2.00 bits per heavy atom. The molecule has 0 spiro atoms. The lowest BCUT2D eigenvalue weighted by atomic mass is 10.1. The van der Waals surface area contributed by atoms with Gasteiger partial charge in [0, 0.05) is 26.1 Å². The third kappa shape index (κ3) is 3.95. The van der Waals surface area contributed by atoms with Gasteiger partial charge in [0.15, 0.2) is 5.78 Å². The molecule has 0 aliphatic heterocycles. The van der Waals surface area contributed by atoms with E-state index >= 15 is 0 Å². The molecule has 0 aliphatic rings. The van der Waals surface area contributed by atoms with E-state index in [9.17, 15) is 9.59 Å². The van der Waals surface area contributed by atoms with Crippen LogP contribution < -0.4 is 16.4 Å². The van der Waals surface area contributed by atoms with Gasteiger partial charge in [0.1, 0.15) is 5.00 Å². The van der Waals surface area contributed by atoms with E-state index in [0.717, 1.165) is 0 Å². The minimum absolute atomic E-state index is 0.0450. The molecule has 4 N–H and O–H groups in total. The lowest BCUT2D eigenvalue weighted by Crippen LogP contribution is -2.31. The number of hydrogen-bond acceptors (Lipinski definition) is 6. The summed E-state index contributed by atoms with van der Waals surface area (Å²) in [4.78, 5) is 26.5. The molecule has 0 saturated carbocycles. The van der Waals surface area contributed by atoms with Gasteiger partial charge in [0.05, 0.1) is 16.1 Å². The molecule has 0 aromatic carbocycles. The summed E-state index contributed by atoms with van der Waals surface area (Å²) in [5.74, 6) is -0.324. The summed E-state index contributed by atoms with van der Waals surface area (Å²) in [6.45, 7) is 4.51. The van der Waals surface area contributed by atoms with Crippen molar-refractivity contribution < 1.29 is 9.59 Å². The van der Waals surface area contributed by atoms with Crippen molar-refractivity contribution in [3.8, 4) is 0 Å². The van der Waals surface area contributed by atoms with Crippen LogP contribution in [0.15, 0.2) is 0 Å². The molecule has 1 unspecified atom stereocenters. The topological polar surface area (TPSA) is 87.5 Å². The number of nitrogens with two attached hydrogens (primary N) is 1. The van der Waals surface area contributed by atoms with E-state index in [1.807, 2.05) is 14.1 Å². The minimum Gasteiger partial charge on any atom is -0.397 e. The van der Waals surface area contributed by atoms with Gasteiger partial charge in [0.25, 0.3) is 5.91 Å². The molecule has 1 heterocycles. The van der Waals surface area contributed by atoms with E-state index in [0.29, 0.717) is 28.4 Å². The number of carbonyl (C=O) groups is 2. The van der Waals surface area contributed by atoms with Crippen LogP contribution in [0.2, 0.25) is 0 Å². The lowest BCUT2D eigenvalue weighted by Gasteiger charge is -2.20. The monoisotopic (exact) mass is 312 g/mol. The van der Waals surface area contributed by atoms with Gasteiger partial charge in [-0.05, 0) is 21.0 Å². The van der Waals surface area contributed by atoms with Crippen LogP contribution in [0.4, 0.5) is 10.7 Å². The van der Waals surface area contributed by atoms with Crippen LogP contribution in [0.5, 0.6) is 0 Å². The zero-order valence-corrected chi connectivity index (χ0v) is 14.1. The van der Waals surface area contributed by atoms with Gasteiger partial charge >= 0.3 is 0 Å². The van der Waals surface area contributed by atoms with Crippen LogP contribution in [0.3, 0.4) is 0 Å². The average molecular weight is 312 g/mol. The first kappa shape index (κ1) is 17.5. The molecular weight excluding hydrogens is 288 g/mol. The van der Waals surface area contributed by atoms with E-state index in [-0.39, 0.29) is 23.4 Å². The quantitative estimate of drug-likeness (QED) is 0.666. The van der Waals surface area contributed by atoms with Crippen molar-refractivity contribution in [3.63, 3.8) is 0 Å². The van der Waals surface area contributed by atoms with Crippen molar-refractivity contribution in [1.29, 1.82) is 0 Å². The van der Waals surface area contributed by atoms with Crippen LogP contribution in [0, 0.1) is 0 Å². The highest BCUT2D eigenvalue weighted by Gasteiger charge is 2.24. The number of anilines is 2. The second kappa shape index (κ2) is 7.42. The summed E-state index contributed by atoms with van der Waals surface area (Å²) in [7, 11) is 5.52. The maximum Gasteiger partial charge on any atom is 0.256 e. The molecule has 1 atom stereocenters. The molecule has 6 nitrogen and oxygen atoms in total. The number of ketones is 1. The highest BCUT2D eigenvalue weighted by Crippen LogP contribution is 2.36. The second-order valence-electron chi connectivity index (χ2n) is 5.10. The number of thiophene rings is 1. The van der Waals surface area contributed by atoms with E-state index in [4.69, 9.17) is 5.73 Å². The fourth-order valence-electron chi connectivity index (χ4n) is 1.71. The number of nitrogens with zero attached hydrogens (tertiary/aromatic N) is 1. The van der Waals surface area contributed by atoms with Crippen molar-refractivity contribution in [2.45, 2.75) is 26.3 Å². The molecule has 1 aromatic heterocycles. The lowest BCUT2D eigenvalue weighted by molar-refractivity contribution is 0.0964. The number of likely N-dealkylation sites (N-methyl/N-ethyl adjacent to an activating group) is 1. The Bertz CT molecular complexity index is 525. The summed E-state index contributed by atoms with van der Waals surface area (Å²) < 4.78 is 0. The summed E-state index contributed by atoms with van der Waals surface area (Å²) in [6.07, 6.45) is 0.367. The highest BCUT2D eigenvalue weighted by atomic mass is 32.1. The first-order valence-electron chi connectivity index (χ1n) is 6.91. The van der Waals surface area contributed by atoms with Gasteiger partial charge in [-0.2, -0.15) is 0 Å². The normalized spacial score (nSPS) is 12.3. The van der Waals surface area contributed by atoms with Crippen LogP contribution in [-0.2, 0) is 0 Å². The van der Waals surface area contributed by atoms with E-state index in [1.165, 1.54) is 11.3 Å². The van der Waals surface area contributed by atoms with Crippen LogP contribution >= 0.6 is 11.3 Å². The maximum atomic E-state index is 12.0. The van der Waals surface area contributed by atoms with Crippen molar-refractivity contribution in [1.82, 2.24) is 10.2 Å². The largest absolute Gasteiger partial charge is 0.397 e. The summed E-state index contributed by atoms with van der Waals surface area (Å²) in [5.41, 5.74) is 6.64. The van der Waals surface area contributed by atoms with Crippen molar-refractivity contribution in [3.05, 3.63) is 10.4 Å². The van der Waals surface area contributed by atoms with Crippen molar-refractivity contribution in [2.24, 2.45) is 0 Å². The summed E-state index contributed by atoms with van der Waals surface area (Å²) in [5, 5.41) is 6.45.